The van der Waals surface area contributed by atoms with Crippen LogP contribution in [0, 0.1) is 5.82 Å². The van der Waals surface area contributed by atoms with E-state index in [4.69, 9.17) is 5.73 Å². The molecule has 1 aromatic rings. The SMILES string of the molecule is Nc1cc(Br)cc(F)c1OC(F)(F)F. The number of anilines is 1. The Kier molecular flexibility index (Phi) is 2.89. The minimum atomic E-state index is -4.96. The number of rotatable bonds is 1. The van der Waals surface area contributed by atoms with Gasteiger partial charge in [-0.2, -0.15) is 0 Å². The highest BCUT2D eigenvalue weighted by atomic mass is 79.9. The number of nitrogens with two attached hydrogens (primary N) is 1. The van der Waals surface area contributed by atoms with Gasteiger partial charge in [-0.05, 0) is 12.1 Å². The molecule has 1 rings (SSSR count). The van der Waals surface area contributed by atoms with Crippen molar-refractivity contribution in [3.63, 3.8) is 0 Å². The Morgan fingerprint density at radius 2 is 1.86 bits per heavy atom. The molecule has 0 unspecified atom stereocenters. The Labute approximate surface area is 84.8 Å². The largest absolute Gasteiger partial charge is 0.573 e. The van der Waals surface area contributed by atoms with Crippen LogP contribution in [0.5, 0.6) is 5.75 Å². The van der Waals surface area contributed by atoms with Gasteiger partial charge in [-0.15, -0.1) is 13.2 Å². The van der Waals surface area contributed by atoms with Crippen LogP contribution in [-0.2, 0) is 0 Å². The van der Waals surface area contributed by atoms with Gasteiger partial charge in [0.15, 0.2) is 11.6 Å². The molecule has 0 aromatic heterocycles. The molecule has 0 bridgehead atoms. The molecule has 14 heavy (non-hydrogen) atoms. The van der Waals surface area contributed by atoms with Gasteiger partial charge in [0, 0.05) is 4.47 Å². The summed E-state index contributed by atoms with van der Waals surface area (Å²) < 4.78 is 51.8. The standard InChI is InChI=1S/C7H4BrF4NO/c8-3-1-4(9)6(5(13)2-3)14-7(10,11)12/h1-2H,13H2. The van der Waals surface area contributed by atoms with E-state index in [2.05, 4.69) is 20.7 Å². The number of halogens is 5. The summed E-state index contributed by atoms with van der Waals surface area (Å²) in [6.45, 7) is 0. The summed E-state index contributed by atoms with van der Waals surface area (Å²) in [5.74, 6) is -2.19. The summed E-state index contributed by atoms with van der Waals surface area (Å²) in [6, 6.07) is 1.95. The van der Waals surface area contributed by atoms with Crippen molar-refractivity contribution in [1.82, 2.24) is 0 Å². The zero-order valence-corrected chi connectivity index (χ0v) is 8.12. The van der Waals surface area contributed by atoms with Crippen molar-refractivity contribution in [3.05, 3.63) is 22.4 Å². The van der Waals surface area contributed by atoms with E-state index in [0.29, 0.717) is 0 Å². The molecule has 0 saturated heterocycles. The molecule has 0 amide bonds. The highest BCUT2D eigenvalue weighted by Gasteiger charge is 2.33. The summed E-state index contributed by atoms with van der Waals surface area (Å²) in [5, 5.41) is 0. The van der Waals surface area contributed by atoms with E-state index >= 15 is 0 Å². The van der Waals surface area contributed by atoms with Gasteiger partial charge in [-0.3, -0.25) is 0 Å². The van der Waals surface area contributed by atoms with E-state index in [9.17, 15) is 17.6 Å². The van der Waals surface area contributed by atoms with Crippen LogP contribution in [0.3, 0.4) is 0 Å². The molecule has 0 saturated carbocycles. The maximum Gasteiger partial charge on any atom is 0.573 e. The molecule has 0 aliphatic rings. The highest BCUT2D eigenvalue weighted by molar-refractivity contribution is 9.10. The van der Waals surface area contributed by atoms with Gasteiger partial charge in [0.2, 0.25) is 0 Å². The predicted molar refractivity (Wildman–Crippen MR) is 45.2 cm³/mol. The summed E-state index contributed by atoms with van der Waals surface area (Å²) in [4.78, 5) is 0. The Morgan fingerprint density at radius 1 is 1.29 bits per heavy atom. The third-order valence-corrected chi connectivity index (χ3v) is 1.71. The smallest absolute Gasteiger partial charge is 0.400 e. The second-order valence-corrected chi connectivity index (χ2v) is 3.27. The molecule has 0 spiro atoms. The molecule has 2 nitrogen and oxygen atoms in total. The van der Waals surface area contributed by atoms with Crippen LogP contribution < -0.4 is 10.5 Å². The van der Waals surface area contributed by atoms with Crippen LogP contribution in [0.2, 0.25) is 0 Å². The number of hydrogen-bond donors (Lipinski definition) is 1. The summed E-state index contributed by atoms with van der Waals surface area (Å²) in [6.07, 6.45) is -4.96. The van der Waals surface area contributed by atoms with Crippen LogP contribution in [-0.4, -0.2) is 6.36 Å². The van der Waals surface area contributed by atoms with Crippen molar-refractivity contribution >= 4 is 21.6 Å². The summed E-state index contributed by atoms with van der Waals surface area (Å²) >= 11 is 2.87. The Balaban J connectivity index is 3.09. The molecule has 0 heterocycles. The molecule has 0 radical (unpaired) electrons. The lowest BCUT2D eigenvalue weighted by Crippen LogP contribution is -2.19. The van der Waals surface area contributed by atoms with Crippen LogP contribution in [0.4, 0.5) is 23.2 Å². The van der Waals surface area contributed by atoms with E-state index in [-0.39, 0.29) is 4.47 Å². The number of nitrogen functional groups attached to an aromatic ring is 1. The van der Waals surface area contributed by atoms with Gasteiger partial charge < -0.3 is 10.5 Å². The van der Waals surface area contributed by atoms with E-state index in [1.54, 1.807) is 0 Å². The van der Waals surface area contributed by atoms with E-state index in [1.807, 2.05) is 0 Å². The van der Waals surface area contributed by atoms with Gasteiger partial charge >= 0.3 is 6.36 Å². The average molecular weight is 274 g/mol. The molecule has 2 N–H and O–H groups in total. The quantitative estimate of drug-likeness (QED) is 0.631. The fourth-order valence-electron chi connectivity index (χ4n) is 0.804. The second kappa shape index (κ2) is 3.64. The molecule has 1 aromatic carbocycles. The van der Waals surface area contributed by atoms with Crippen LogP contribution in [0.25, 0.3) is 0 Å². The number of ether oxygens (including phenoxy) is 1. The molecular weight excluding hydrogens is 270 g/mol. The third-order valence-electron chi connectivity index (χ3n) is 1.25. The van der Waals surface area contributed by atoms with Crippen molar-refractivity contribution < 1.29 is 22.3 Å². The van der Waals surface area contributed by atoms with E-state index in [1.165, 1.54) is 0 Å². The fourth-order valence-corrected chi connectivity index (χ4v) is 1.25. The zero-order valence-electron chi connectivity index (χ0n) is 6.53. The fraction of sp³-hybridized carbons (Fsp3) is 0.143. The molecule has 0 fully saturated rings. The number of benzene rings is 1. The maximum absolute atomic E-state index is 12.9. The number of alkyl halides is 3. The second-order valence-electron chi connectivity index (χ2n) is 2.35. The third kappa shape index (κ3) is 2.76. The molecule has 0 aliphatic heterocycles. The lowest BCUT2D eigenvalue weighted by molar-refractivity contribution is -0.275. The minimum absolute atomic E-state index is 0.238. The first-order valence-electron chi connectivity index (χ1n) is 3.30. The molecule has 0 aliphatic carbocycles. The van der Waals surface area contributed by atoms with Gasteiger partial charge in [0.1, 0.15) is 0 Å². The van der Waals surface area contributed by atoms with Gasteiger partial charge in [-0.25, -0.2) is 4.39 Å². The van der Waals surface area contributed by atoms with Crippen molar-refractivity contribution in [2.45, 2.75) is 6.36 Å². The van der Waals surface area contributed by atoms with Gasteiger partial charge in [-0.1, -0.05) is 15.9 Å². The van der Waals surface area contributed by atoms with Crippen molar-refractivity contribution in [3.8, 4) is 5.75 Å². The van der Waals surface area contributed by atoms with Gasteiger partial charge in [0.05, 0.1) is 5.69 Å². The van der Waals surface area contributed by atoms with Crippen LogP contribution in [0.1, 0.15) is 0 Å². The average Bonchev–Trinajstić information content (AvgIpc) is 1.95. The van der Waals surface area contributed by atoms with Crippen molar-refractivity contribution in [2.24, 2.45) is 0 Å². The van der Waals surface area contributed by atoms with Crippen LogP contribution in [0.15, 0.2) is 16.6 Å². The highest BCUT2D eigenvalue weighted by Crippen LogP contribution is 2.33. The summed E-state index contributed by atoms with van der Waals surface area (Å²) in [5.41, 5.74) is 4.71. The molecule has 78 valence electrons. The van der Waals surface area contributed by atoms with Gasteiger partial charge in [0.25, 0.3) is 0 Å². The summed E-state index contributed by atoms with van der Waals surface area (Å²) in [7, 11) is 0. The Bertz CT molecular complexity index is 329. The number of hydrogen-bond acceptors (Lipinski definition) is 2. The topological polar surface area (TPSA) is 35.2 Å². The van der Waals surface area contributed by atoms with Crippen molar-refractivity contribution in [2.75, 3.05) is 5.73 Å². The normalized spacial score (nSPS) is 11.5. The van der Waals surface area contributed by atoms with Crippen LogP contribution >= 0.6 is 15.9 Å². The van der Waals surface area contributed by atoms with Crippen molar-refractivity contribution in [1.29, 1.82) is 0 Å². The first kappa shape index (κ1) is 11.1. The lowest BCUT2D eigenvalue weighted by atomic mass is 10.3. The predicted octanol–water partition coefficient (Wildman–Crippen LogP) is 3.07. The first-order valence-corrected chi connectivity index (χ1v) is 4.09. The Morgan fingerprint density at radius 3 is 2.29 bits per heavy atom. The lowest BCUT2D eigenvalue weighted by Gasteiger charge is -2.11. The maximum atomic E-state index is 12.9. The molecular formula is C7H4BrF4NO. The molecule has 0 atom stereocenters. The Hall–Kier alpha value is -0.980. The minimum Gasteiger partial charge on any atom is -0.400 e. The zero-order chi connectivity index (χ0) is 10.9. The van der Waals surface area contributed by atoms with E-state index in [0.717, 1.165) is 12.1 Å². The molecule has 7 heteroatoms. The monoisotopic (exact) mass is 273 g/mol. The first-order chi connectivity index (χ1) is 6.29. The van der Waals surface area contributed by atoms with E-state index < -0.39 is 23.6 Å².